The third kappa shape index (κ3) is 2.82. The van der Waals surface area contributed by atoms with E-state index in [9.17, 15) is 4.79 Å². The molecule has 0 radical (unpaired) electrons. The maximum absolute atomic E-state index is 12.8. The molecule has 2 aromatic carbocycles. The minimum absolute atomic E-state index is 0.255. The molecule has 0 atom stereocenters. The van der Waals surface area contributed by atoms with Gasteiger partial charge in [-0.2, -0.15) is 0 Å². The average Bonchev–Trinajstić information content (AvgIpc) is 3.23. The lowest BCUT2D eigenvalue weighted by atomic mass is 9.94. The summed E-state index contributed by atoms with van der Waals surface area (Å²) >= 11 is 6.09. The van der Waals surface area contributed by atoms with E-state index in [0.29, 0.717) is 17.3 Å². The zero-order valence-corrected chi connectivity index (χ0v) is 15.4. The molecule has 0 N–H and O–H groups in total. The van der Waals surface area contributed by atoms with Crippen LogP contribution in [0.15, 0.2) is 54.6 Å². The van der Waals surface area contributed by atoms with Crippen LogP contribution in [-0.4, -0.2) is 17.1 Å². The predicted octanol–water partition coefficient (Wildman–Crippen LogP) is 5.60. The fourth-order valence-corrected chi connectivity index (χ4v) is 3.93. The van der Waals surface area contributed by atoms with E-state index < -0.39 is 0 Å². The van der Waals surface area contributed by atoms with Crippen LogP contribution >= 0.6 is 11.6 Å². The first-order valence-electron chi connectivity index (χ1n) is 8.94. The fraction of sp³-hybridized carbons (Fsp3) is 0.227. The minimum atomic E-state index is -0.255. The summed E-state index contributed by atoms with van der Waals surface area (Å²) in [5.41, 5.74) is 6.05. The summed E-state index contributed by atoms with van der Waals surface area (Å²) in [5.74, 6) is -0.255. The summed E-state index contributed by atoms with van der Waals surface area (Å²) in [5, 5.41) is 0.705. The Morgan fingerprint density at radius 1 is 1.04 bits per heavy atom. The number of aromatic nitrogens is 1. The lowest BCUT2D eigenvalue weighted by Gasteiger charge is -2.10. The third-order valence-corrected chi connectivity index (χ3v) is 5.08. The van der Waals surface area contributed by atoms with Gasteiger partial charge in [0.15, 0.2) is 0 Å². The van der Waals surface area contributed by atoms with Crippen molar-refractivity contribution >= 4 is 17.6 Å². The van der Waals surface area contributed by atoms with Crippen LogP contribution in [0.5, 0.6) is 0 Å². The van der Waals surface area contributed by atoms with Crippen molar-refractivity contribution in [2.75, 3.05) is 6.61 Å². The molecule has 3 nitrogen and oxygen atoms in total. The second kappa shape index (κ2) is 7.00. The molecule has 0 bridgehead atoms. The van der Waals surface area contributed by atoms with Gasteiger partial charge in [-0.05, 0) is 43.0 Å². The van der Waals surface area contributed by atoms with Crippen molar-refractivity contribution in [2.24, 2.45) is 0 Å². The topological polar surface area (TPSA) is 31.2 Å². The van der Waals surface area contributed by atoms with E-state index in [1.807, 2.05) is 61.5 Å². The molecule has 0 saturated heterocycles. The van der Waals surface area contributed by atoms with Crippen molar-refractivity contribution in [1.29, 1.82) is 0 Å². The number of benzene rings is 2. The number of nitrogens with zero attached hydrogens (tertiary/aromatic N) is 1. The van der Waals surface area contributed by atoms with E-state index in [4.69, 9.17) is 16.3 Å². The molecule has 4 heteroatoms. The Labute approximate surface area is 158 Å². The molecule has 0 saturated carbocycles. The van der Waals surface area contributed by atoms with Crippen LogP contribution in [0.3, 0.4) is 0 Å². The summed E-state index contributed by atoms with van der Waals surface area (Å²) in [6, 6.07) is 17.9. The van der Waals surface area contributed by atoms with Gasteiger partial charge in [0.1, 0.15) is 5.69 Å². The quantitative estimate of drug-likeness (QED) is 0.563. The van der Waals surface area contributed by atoms with Gasteiger partial charge in [-0.1, -0.05) is 54.1 Å². The van der Waals surface area contributed by atoms with Crippen LogP contribution in [0.1, 0.15) is 29.5 Å². The molecule has 1 aliphatic rings. The van der Waals surface area contributed by atoms with Crippen molar-refractivity contribution in [1.82, 2.24) is 4.57 Å². The van der Waals surface area contributed by atoms with E-state index >= 15 is 0 Å². The summed E-state index contributed by atoms with van der Waals surface area (Å²) in [6.45, 7) is 3.05. The molecular formula is C22H20ClNO2. The SMILES string of the molecule is CCOC(=O)c1c(-c2ccccc2)c(-c2ccc(Cl)cc2)c2n1CCC2. The Balaban J connectivity index is 2.02. The number of halogens is 1. The Morgan fingerprint density at radius 2 is 1.73 bits per heavy atom. The Kier molecular flexibility index (Phi) is 4.56. The van der Waals surface area contributed by atoms with E-state index in [1.165, 1.54) is 5.69 Å². The smallest absolute Gasteiger partial charge is 0.355 e. The number of rotatable bonds is 4. The Hall–Kier alpha value is -2.52. The highest BCUT2D eigenvalue weighted by Gasteiger charge is 2.31. The third-order valence-electron chi connectivity index (χ3n) is 4.83. The number of hydrogen-bond donors (Lipinski definition) is 0. The summed E-state index contributed by atoms with van der Waals surface area (Å²) < 4.78 is 7.55. The summed E-state index contributed by atoms with van der Waals surface area (Å²) in [6.07, 6.45) is 1.99. The maximum atomic E-state index is 12.8. The highest BCUT2D eigenvalue weighted by atomic mass is 35.5. The number of fused-ring (bicyclic) bond motifs is 1. The van der Waals surface area contributed by atoms with Gasteiger partial charge in [0, 0.05) is 28.4 Å². The van der Waals surface area contributed by atoms with Crippen LogP contribution in [0.2, 0.25) is 5.02 Å². The van der Waals surface area contributed by atoms with Crippen molar-refractivity contribution in [3.05, 3.63) is 71.0 Å². The van der Waals surface area contributed by atoms with E-state index in [2.05, 4.69) is 4.57 Å². The molecule has 3 aromatic rings. The van der Waals surface area contributed by atoms with Gasteiger partial charge >= 0.3 is 5.97 Å². The number of carbonyl (C=O) groups is 1. The van der Waals surface area contributed by atoms with Crippen molar-refractivity contribution < 1.29 is 9.53 Å². The van der Waals surface area contributed by atoms with Gasteiger partial charge in [0.25, 0.3) is 0 Å². The number of esters is 1. The van der Waals surface area contributed by atoms with Crippen molar-refractivity contribution in [2.45, 2.75) is 26.3 Å². The number of hydrogen-bond acceptors (Lipinski definition) is 2. The van der Waals surface area contributed by atoms with Gasteiger partial charge in [-0.15, -0.1) is 0 Å². The zero-order valence-electron chi connectivity index (χ0n) is 14.7. The van der Waals surface area contributed by atoms with Crippen molar-refractivity contribution in [3.63, 3.8) is 0 Å². The van der Waals surface area contributed by atoms with Crippen molar-refractivity contribution in [3.8, 4) is 22.3 Å². The standard InChI is InChI=1S/C22H20ClNO2/c1-2-26-22(25)21-20(15-7-4-3-5-8-15)19(18-9-6-14-24(18)21)16-10-12-17(23)13-11-16/h3-5,7-8,10-13H,2,6,9,14H2,1H3. The summed E-state index contributed by atoms with van der Waals surface area (Å²) in [7, 11) is 0. The van der Waals surface area contributed by atoms with Gasteiger partial charge in [0.05, 0.1) is 6.61 Å². The minimum Gasteiger partial charge on any atom is -0.461 e. The molecule has 132 valence electrons. The second-order valence-electron chi connectivity index (χ2n) is 6.39. The van der Waals surface area contributed by atoms with Crippen LogP contribution in [0.25, 0.3) is 22.3 Å². The Morgan fingerprint density at radius 3 is 2.42 bits per heavy atom. The molecule has 26 heavy (non-hydrogen) atoms. The molecule has 0 aliphatic carbocycles. The number of ether oxygens (including phenoxy) is 1. The van der Waals surface area contributed by atoms with Gasteiger partial charge in [-0.3, -0.25) is 0 Å². The monoisotopic (exact) mass is 365 g/mol. The normalized spacial score (nSPS) is 12.8. The molecule has 0 spiro atoms. The molecule has 0 unspecified atom stereocenters. The maximum Gasteiger partial charge on any atom is 0.355 e. The largest absolute Gasteiger partial charge is 0.461 e. The summed E-state index contributed by atoms with van der Waals surface area (Å²) in [4.78, 5) is 12.8. The van der Waals surface area contributed by atoms with Crippen LogP contribution < -0.4 is 0 Å². The molecule has 1 aliphatic heterocycles. The van der Waals surface area contributed by atoms with E-state index in [1.54, 1.807) is 0 Å². The number of carbonyl (C=O) groups excluding carboxylic acids is 1. The van der Waals surface area contributed by atoms with E-state index in [-0.39, 0.29) is 5.97 Å². The van der Waals surface area contributed by atoms with Crippen LogP contribution in [-0.2, 0) is 17.7 Å². The first-order valence-corrected chi connectivity index (χ1v) is 9.32. The fourth-order valence-electron chi connectivity index (χ4n) is 3.80. The highest BCUT2D eigenvalue weighted by Crippen LogP contribution is 2.43. The van der Waals surface area contributed by atoms with Gasteiger partial charge < -0.3 is 9.30 Å². The zero-order chi connectivity index (χ0) is 18.1. The molecule has 4 rings (SSSR count). The average molecular weight is 366 g/mol. The first-order chi connectivity index (χ1) is 12.7. The predicted molar refractivity (Wildman–Crippen MR) is 105 cm³/mol. The molecule has 2 heterocycles. The lowest BCUT2D eigenvalue weighted by Crippen LogP contribution is -2.12. The first kappa shape index (κ1) is 16.9. The Bertz CT molecular complexity index is 943. The molecule has 1 aromatic heterocycles. The van der Waals surface area contributed by atoms with E-state index in [0.717, 1.165) is 41.6 Å². The van der Waals surface area contributed by atoms with Crippen LogP contribution in [0.4, 0.5) is 0 Å². The lowest BCUT2D eigenvalue weighted by molar-refractivity contribution is 0.0515. The highest BCUT2D eigenvalue weighted by molar-refractivity contribution is 6.30. The van der Waals surface area contributed by atoms with Crippen LogP contribution in [0, 0.1) is 0 Å². The van der Waals surface area contributed by atoms with Gasteiger partial charge in [-0.25, -0.2) is 4.79 Å². The van der Waals surface area contributed by atoms with Gasteiger partial charge in [0.2, 0.25) is 0 Å². The molecule has 0 fully saturated rings. The molecule has 0 amide bonds. The second-order valence-corrected chi connectivity index (χ2v) is 6.83. The molecular weight excluding hydrogens is 346 g/mol.